The number of likely N-dealkylation sites (tertiary alicyclic amines) is 1. The van der Waals surface area contributed by atoms with E-state index in [1.807, 2.05) is 18.2 Å². The van der Waals surface area contributed by atoms with Crippen LogP contribution in [0.5, 0.6) is 0 Å². The second-order valence-corrected chi connectivity index (χ2v) is 9.79. The maximum absolute atomic E-state index is 13.6. The minimum Gasteiger partial charge on any atom is -0.348 e. The maximum Gasteiger partial charge on any atom is 0.250 e. The first-order valence-corrected chi connectivity index (χ1v) is 10.9. The minimum absolute atomic E-state index is 0.0996. The average molecular weight is 383 g/mol. The van der Waals surface area contributed by atoms with Gasteiger partial charge in [0.25, 0.3) is 0 Å². The van der Waals surface area contributed by atoms with Crippen molar-refractivity contribution in [3.8, 4) is 0 Å². The summed E-state index contributed by atoms with van der Waals surface area (Å²) < 4.78 is 0. The number of rotatable bonds is 7. The lowest BCUT2D eigenvalue weighted by atomic mass is 9.59. The highest BCUT2D eigenvalue weighted by atomic mass is 16.2. The summed E-state index contributed by atoms with van der Waals surface area (Å²) in [5.74, 6) is 2.71. The van der Waals surface area contributed by atoms with Gasteiger partial charge in [-0.3, -0.25) is 19.7 Å². The van der Waals surface area contributed by atoms with Crippen LogP contribution in [0.4, 0.5) is 0 Å². The van der Waals surface area contributed by atoms with Crippen molar-refractivity contribution in [2.45, 2.75) is 58.7 Å². The van der Waals surface area contributed by atoms with Gasteiger partial charge in [-0.05, 0) is 48.6 Å². The Balaban J connectivity index is 1.62. The first kappa shape index (κ1) is 19.6. The molecule has 4 aliphatic rings. The average Bonchev–Trinajstić information content (AvgIpc) is 2.91. The van der Waals surface area contributed by atoms with Crippen LogP contribution >= 0.6 is 0 Å². The molecule has 5 rings (SSSR count). The van der Waals surface area contributed by atoms with Gasteiger partial charge in [-0.2, -0.15) is 0 Å². The summed E-state index contributed by atoms with van der Waals surface area (Å²) in [6.45, 7) is 11.7. The van der Waals surface area contributed by atoms with Crippen molar-refractivity contribution in [3.05, 3.63) is 30.1 Å². The van der Waals surface area contributed by atoms with Gasteiger partial charge in [-0.15, -0.1) is 0 Å². The third-order valence-electron chi connectivity index (χ3n) is 6.78. The fraction of sp³-hybridized carbons (Fsp3) is 0.696. The van der Waals surface area contributed by atoms with Crippen LogP contribution in [0.1, 0.15) is 46.2 Å². The molecule has 4 bridgehead atoms. The Morgan fingerprint density at radius 2 is 2.11 bits per heavy atom. The number of hydrogen-bond donors (Lipinski definition) is 1. The van der Waals surface area contributed by atoms with E-state index in [9.17, 15) is 4.79 Å². The van der Waals surface area contributed by atoms with Crippen LogP contribution in [-0.2, 0) is 11.3 Å². The van der Waals surface area contributed by atoms with Gasteiger partial charge in [0.05, 0.1) is 12.2 Å². The lowest BCUT2D eigenvalue weighted by molar-refractivity contribution is -0.132. The normalized spacial score (nSPS) is 33.8. The zero-order valence-corrected chi connectivity index (χ0v) is 17.6. The van der Waals surface area contributed by atoms with E-state index in [-0.39, 0.29) is 11.9 Å². The number of pyridine rings is 1. The molecular weight excluding hydrogens is 348 g/mol. The van der Waals surface area contributed by atoms with Crippen molar-refractivity contribution in [1.29, 1.82) is 0 Å². The van der Waals surface area contributed by atoms with Crippen LogP contribution in [0.15, 0.2) is 29.4 Å². The van der Waals surface area contributed by atoms with Crippen LogP contribution < -0.4 is 5.32 Å². The van der Waals surface area contributed by atoms with Gasteiger partial charge < -0.3 is 5.32 Å². The van der Waals surface area contributed by atoms with Crippen molar-refractivity contribution in [2.24, 2.45) is 34.6 Å². The van der Waals surface area contributed by atoms with Gasteiger partial charge in [-0.25, -0.2) is 0 Å². The Morgan fingerprint density at radius 1 is 1.29 bits per heavy atom. The number of aromatic nitrogens is 1. The SMILES string of the molecule is CC(C)C[C@@H]1[C@@H]2C=N[C@@]3(C(=O)NCc4ccccn4)[C@@H](C2)CN(CC(C)C)[C@@H]13. The predicted molar refractivity (Wildman–Crippen MR) is 112 cm³/mol. The molecule has 4 heterocycles. The zero-order valence-electron chi connectivity index (χ0n) is 17.6. The summed E-state index contributed by atoms with van der Waals surface area (Å²) in [6, 6.07) is 6.05. The topological polar surface area (TPSA) is 57.6 Å². The van der Waals surface area contributed by atoms with Gasteiger partial charge >= 0.3 is 0 Å². The van der Waals surface area contributed by atoms with Crippen molar-refractivity contribution >= 4 is 12.1 Å². The van der Waals surface area contributed by atoms with Crippen LogP contribution in [0.2, 0.25) is 0 Å². The zero-order chi connectivity index (χ0) is 19.9. The molecule has 1 aromatic heterocycles. The van der Waals surface area contributed by atoms with E-state index in [1.165, 1.54) is 0 Å². The second-order valence-electron chi connectivity index (χ2n) is 9.79. The highest BCUT2D eigenvalue weighted by Crippen LogP contribution is 2.55. The van der Waals surface area contributed by atoms with Gasteiger partial charge in [0.15, 0.2) is 5.54 Å². The number of hydrogen-bond acceptors (Lipinski definition) is 4. The molecule has 1 amide bonds. The Hall–Kier alpha value is -1.75. The summed E-state index contributed by atoms with van der Waals surface area (Å²) in [5, 5.41) is 3.19. The van der Waals surface area contributed by atoms with Gasteiger partial charge in [0.2, 0.25) is 5.91 Å². The molecule has 5 heteroatoms. The molecule has 0 unspecified atom stereocenters. The molecule has 28 heavy (non-hydrogen) atoms. The van der Waals surface area contributed by atoms with Gasteiger partial charge in [-0.1, -0.05) is 33.8 Å². The number of nitrogens with one attached hydrogen (secondary N) is 1. The molecule has 1 saturated heterocycles. The van der Waals surface area contributed by atoms with Crippen molar-refractivity contribution in [2.75, 3.05) is 13.1 Å². The van der Waals surface area contributed by atoms with E-state index in [4.69, 9.17) is 4.99 Å². The summed E-state index contributed by atoms with van der Waals surface area (Å²) in [7, 11) is 0. The number of amides is 1. The Labute approximate surface area is 169 Å². The van der Waals surface area contributed by atoms with Crippen LogP contribution in [0, 0.1) is 29.6 Å². The van der Waals surface area contributed by atoms with Crippen LogP contribution in [0.25, 0.3) is 0 Å². The van der Waals surface area contributed by atoms with E-state index >= 15 is 0 Å². The second kappa shape index (κ2) is 7.58. The molecular formula is C23H34N4O. The number of carbonyl (C=O) groups excluding carboxylic acids is 1. The van der Waals surface area contributed by atoms with Crippen molar-refractivity contribution in [3.63, 3.8) is 0 Å². The van der Waals surface area contributed by atoms with Gasteiger partial charge in [0, 0.05) is 37.5 Å². The fourth-order valence-electron chi connectivity index (χ4n) is 5.92. The molecule has 1 aromatic rings. The fourth-order valence-corrected chi connectivity index (χ4v) is 5.92. The third-order valence-corrected chi connectivity index (χ3v) is 6.78. The summed E-state index contributed by atoms with van der Waals surface area (Å²) in [6.07, 6.45) is 6.16. The standard InChI is InChI=1S/C23H34N4O/c1-15(2)9-20-17-10-18-14-27(13-16(3)4)21(20)23(18,26-11-17)22(28)25-12-19-7-5-6-8-24-19/h5-8,11,15-18,20-21H,9-10,12-14H2,1-4H3,(H,25,28)/t17-,18-,20+,21-,23-/m0/s1. The summed E-state index contributed by atoms with van der Waals surface area (Å²) in [4.78, 5) is 25.5. The summed E-state index contributed by atoms with van der Waals surface area (Å²) >= 11 is 0. The molecule has 1 N–H and O–H groups in total. The molecule has 3 aliphatic heterocycles. The van der Waals surface area contributed by atoms with Crippen LogP contribution in [-0.4, -0.2) is 46.7 Å². The van der Waals surface area contributed by atoms with E-state index in [0.717, 1.165) is 31.6 Å². The third kappa shape index (κ3) is 3.28. The highest BCUT2D eigenvalue weighted by Gasteiger charge is 2.67. The lowest BCUT2D eigenvalue weighted by Gasteiger charge is -2.51. The largest absolute Gasteiger partial charge is 0.348 e. The van der Waals surface area contributed by atoms with E-state index in [2.05, 4.69) is 49.1 Å². The molecule has 5 nitrogen and oxygen atoms in total. The van der Waals surface area contributed by atoms with Crippen molar-refractivity contribution < 1.29 is 4.79 Å². The monoisotopic (exact) mass is 382 g/mol. The summed E-state index contributed by atoms with van der Waals surface area (Å²) in [5.41, 5.74) is 0.281. The Bertz CT molecular complexity index is 731. The molecule has 0 aromatic carbocycles. The highest BCUT2D eigenvalue weighted by molar-refractivity contribution is 5.92. The molecule has 5 atom stereocenters. The smallest absolute Gasteiger partial charge is 0.250 e. The van der Waals surface area contributed by atoms with E-state index in [0.29, 0.717) is 36.1 Å². The van der Waals surface area contributed by atoms with Gasteiger partial charge in [0.1, 0.15) is 0 Å². The van der Waals surface area contributed by atoms with E-state index in [1.54, 1.807) is 6.20 Å². The number of nitrogens with zero attached hydrogens (tertiary/aromatic N) is 3. The maximum atomic E-state index is 13.6. The van der Waals surface area contributed by atoms with E-state index < -0.39 is 5.54 Å². The quantitative estimate of drug-likeness (QED) is 0.788. The predicted octanol–water partition coefficient (Wildman–Crippen LogP) is 3.16. The molecule has 0 spiro atoms. The molecule has 152 valence electrons. The molecule has 0 radical (unpaired) electrons. The Morgan fingerprint density at radius 3 is 2.79 bits per heavy atom. The number of carbonyl (C=O) groups is 1. The molecule has 2 fully saturated rings. The minimum atomic E-state index is -0.613. The Kier molecular flexibility index (Phi) is 5.30. The first-order valence-electron chi connectivity index (χ1n) is 10.9. The first-order chi connectivity index (χ1) is 13.4. The van der Waals surface area contributed by atoms with Crippen LogP contribution in [0.3, 0.4) is 0 Å². The molecule has 1 aliphatic carbocycles. The number of aliphatic imine (C=N–C) groups is 1. The lowest BCUT2D eigenvalue weighted by Crippen LogP contribution is -2.65. The molecule has 1 saturated carbocycles. The van der Waals surface area contributed by atoms with Crippen molar-refractivity contribution in [1.82, 2.24) is 15.2 Å².